The lowest BCUT2D eigenvalue weighted by atomic mass is 9.91. The van der Waals surface area contributed by atoms with Crippen molar-refractivity contribution in [2.75, 3.05) is 13.1 Å². The van der Waals surface area contributed by atoms with Gasteiger partial charge in [0.2, 0.25) is 5.91 Å². The Bertz CT molecular complexity index is 498. The SMILES string of the molecule is O=C(CC1CC1)N1CCC[C@@H](CCc2ccccc2F)C1. The van der Waals surface area contributed by atoms with Crippen LogP contribution < -0.4 is 0 Å². The molecule has 1 aromatic carbocycles. The van der Waals surface area contributed by atoms with Crippen LogP contribution in [0.4, 0.5) is 4.39 Å². The number of likely N-dealkylation sites (tertiary alicyclic amines) is 1. The number of nitrogens with zero attached hydrogens (tertiary/aromatic N) is 1. The molecule has 2 fully saturated rings. The molecule has 0 aromatic heterocycles. The predicted octanol–water partition coefficient (Wildman–Crippen LogP) is 3.80. The molecule has 1 atom stereocenters. The maximum absolute atomic E-state index is 13.6. The minimum atomic E-state index is -0.102. The fourth-order valence-corrected chi connectivity index (χ4v) is 3.29. The summed E-state index contributed by atoms with van der Waals surface area (Å²) in [6, 6.07) is 7.03. The van der Waals surface area contributed by atoms with E-state index in [2.05, 4.69) is 0 Å². The number of aryl methyl sites for hydroxylation is 1. The van der Waals surface area contributed by atoms with Crippen LogP contribution in [0, 0.1) is 17.7 Å². The lowest BCUT2D eigenvalue weighted by Crippen LogP contribution is -2.40. The predicted molar refractivity (Wildman–Crippen MR) is 81.4 cm³/mol. The van der Waals surface area contributed by atoms with Gasteiger partial charge in [0.15, 0.2) is 0 Å². The van der Waals surface area contributed by atoms with Crippen LogP contribution in [0.15, 0.2) is 24.3 Å². The quantitative estimate of drug-likeness (QED) is 0.807. The molecule has 1 amide bonds. The van der Waals surface area contributed by atoms with Crippen LogP contribution in [0.3, 0.4) is 0 Å². The van der Waals surface area contributed by atoms with Gasteiger partial charge in [-0.25, -0.2) is 4.39 Å². The third kappa shape index (κ3) is 4.05. The lowest BCUT2D eigenvalue weighted by molar-refractivity contribution is -0.133. The van der Waals surface area contributed by atoms with Crippen LogP contribution in [0.25, 0.3) is 0 Å². The first-order valence-electron chi connectivity index (χ1n) is 8.23. The normalized spacial score (nSPS) is 22.3. The zero-order valence-corrected chi connectivity index (χ0v) is 12.6. The van der Waals surface area contributed by atoms with Gasteiger partial charge in [-0.2, -0.15) is 0 Å². The molecular weight excluding hydrogens is 265 g/mol. The number of carbonyl (C=O) groups excluding carboxylic acids is 1. The summed E-state index contributed by atoms with van der Waals surface area (Å²) in [6.45, 7) is 1.79. The summed E-state index contributed by atoms with van der Waals surface area (Å²) in [4.78, 5) is 14.2. The number of benzene rings is 1. The molecular formula is C18H24FNO. The van der Waals surface area contributed by atoms with E-state index < -0.39 is 0 Å². The number of halogens is 1. The Morgan fingerprint density at radius 2 is 2.00 bits per heavy atom. The van der Waals surface area contributed by atoms with Crippen LogP contribution in [0.5, 0.6) is 0 Å². The topological polar surface area (TPSA) is 20.3 Å². The number of rotatable bonds is 5. The Morgan fingerprint density at radius 3 is 2.76 bits per heavy atom. The molecule has 1 saturated heterocycles. The molecule has 1 aliphatic carbocycles. The maximum atomic E-state index is 13.6. The third-order valence-electron chi connectivity index (χ3n) is 4.81. The molecule has 3 rings (SSSR count). The van der Waals surface area contributed by atoms with E-state index in [1.165, 1.54) is 25.3 Å². The summed E-state index contributed by atoms with van der Waals surface area (Å²) in [5.41, 5.74) is 0.805. The fraction of sp³-hybridized carbons (Fsp3) is 0.611. The molecule has 3 heteroatoms. The standard InChI is InChI=1S/C18H24FNO/c19-17-6-2-1-5-16(17)10-9-15-4-3-11-20(13-15)18(21)12-14-7-8-14/h1-2,5-6,14-15H,3-4,7-13H2/t15-/m0/s1. The van der Waals surface area contributed by atoms with Gasteiger partial charge in [0.25, 0.3) is 0 Å². The maximum Gasteiger partial charge on any atom is 0.222 e. The molecule has 1 aliphatic heterocycles. The summed E-state index contributed by atoms with van der Waals surface area (Å²) in [5.74, 6) is 1.43. The van der Waals surface area contributed by atoms with Crippen LogP contribution >= 0.6 is 0 Å². The largest absolute Gasteiger partial charge is 0.342 e. The highest BCUT2D eigenvalue weighted by atomic mass is 19.1. The Labute approximate surface area is 126 Å². The molecule has 2 nitrogen and oxygen atoms in total. The second-order valence-corrected chi connectivity index (χ2v) is 6.63. The lowest BCUT2D eigenvalue weighted by Gasteiger charge is -2.33. The van der Waals surface area contributed by atoms with E-state index in [1.54, 1.807) is 6.07 Å². The summed E-state index contributed by atoms with van der Waals surface area (Å²) < 4.78 is 13.6. The fourth-order valence-electron chi connectivity index (χ4n) is 3.29. The first kappa shape index (κ1) is 14.6. The second-order valence-electron chi connectivity index (χ2n) is 6.63. The average molecular weight is 289 g/mol. The average Bonchev–Trinajstić information content (AvgIpc) is 3.31. The van der Waals surface area contributed by atoms with E-state index in [9.17, 15) is 9.18 Å². The second kappa shape index (κ2) is 6.59. The van der Waals surface area contributed by atoms with E-state index in [4.69, 9.17) is 0 Å². The van der Waals surface area contributed by atoms with Gasteiger partial charge in [-0.05, 0) is 62.0 Å². The van der Waals surface area contributed by atoms with Gasteiger partial charge in [-0.3, -0.25) is 4.79 Å². The van der Waals surface area contributed by atoms with Gasteiger partial charge in [0, 0.05) is 19.5 Å². The Balaban J connectivity index is 1.49. The van der Waals surface area contributed by atoms with Gasteiger partial charge in [0.05, 0.1) is 0 Å². The van der Waals surface area contributed by atoms with Crippen molar-refractivity contribution in [1.29, 1.82) is 0 Å². The highest BCUT2D eigenvalue weighted by molar-refractivity contribution is 5.76. The Hall–Kier alpha value is -1.38. The number of hydrogen-bond donors (Lipinski definition) is 0. The van der Waals surface area contributed by atoms with E-state index >= 15 is 0 Å². The molecule has 1 heterocycles. The molecule has 0 N–H and O–H groups in total. The van der Waals surface area contributed by atoms with Crippen molar-refractivity contribution in [3.63, 3.8) is 0 Å². The number of carbonyl (C=O) groups is 1. The summed E-state index contributed by atoms with van der Waals surface area (Å²) in [7, 11) is 0. The Kier molecular flexibility index (Phi) is 4.57. The molecule has 0 radical (unpaired) electrons. The van der Waals surface area contributed by atoms with Crippen molar-refractivity contribution in [3.8, 4) is 0 Å². The zero-order chi connectivity index (χ0) is 14.7. The van der Waals surface area contributed by atoms with Crippen molar-refractivity contribution in [1.82, 2.24) is 4.90 Å². The summed E-state index contributed by atoms with van der Waals surface area (Å²) >= 11 is 0. The highest BCUT2D eigenvalue weighted by Crippen LogP contribution is 2.33. The molecule has 21 heavy (non-hydrogen) atoms. The molecule has 0 unspecified atom stereocenters. The number of hydrogen-bond acceptors (Lipinski definition) is 1. The molecule has 0 bridgehead atoms. The number of piperidine rings is 1. The van der Waals surface area contributed by atoms with Crippen LogP contribution in [-0.2, 0) is 11.2 Å². The molecule has 0 spiro atoms. The van der Waals surface area contributed by atoms with Crippen LogP contribution in [-0.4, -0.2) is 23.9 Å². The van der Waals surface area contributed by atoms with Gasteiger partial charge in [-0.15, -0.1) is 0 Å². The van der Waals surface area contributed by atoms with Crippen LogP contribution in [0.2, 0.25) is 0 Å². The Morgan fingerprint density at radius 1 is 1.19 bits per heavy atom. The molecule has 2 aliphatic rings. The van der Waals surface area contributed by atoms with E-state index in [0.29, 0.717) is 17.7 Å². The smallest absolute Gasteiger partial charge is 0.222 e. The van der Waals surface area contributed by atoms with Crippen molar-refractivity contribution < 1.29 is 9.18 Å². The summed E-state index contributed by atoms with van der Waals surface area (Å²) in [5, 5.41) is 0. The van der Waals surface area contributed by atoms with E-state index in [0.717, 1.165) is 44.3 Å². The van der Waals surface area contributed by atoms with E-state index in [-0.39, 0.29) is 5.82 Å². The minimum Gasteiger partial charge on any atom is -0.342 e. The van der Waals surface area contributed by atoms with Crippen molar-refractivity contribution in [2.24, 2.45) is 11.8 Å². The third-order valence-corrected chi connectivity index (χ3v) is 4.81. The van der Waals surface area contributed by atoms with Gasteiger partial charge < -0.3 is 4.90 Å². The minimum absolute atomic E-state index is 0.102. The number of amides is 1. The van der Waals surface area contributed by atoms with Gasteiger partial charge >= 0.3 is 0 Å². The first-order valence-corrected chi connectivity index (χ1v) is 8.23. The molecule has 1 saturated carbocycles. The summed E-state index contributed by atoms with van der Waals surface area (Å²) in [6.07, 6.45) is 7.24. The highest BCUT2D eigenvalue weighted by Gasteiger charge is 2.29. The van der Waals surface area contributed by atoms with Gasteiger partial charge in [0.1, 0.15) is 5.82 Å². The zero-order valence-electron chi connectivity index (χ0n) is 12.6. The first-order chi connectivity index (χ1) is 10.2. The monoisotopic (exact) mass is 289 g/mol. The molecule has 1 aromatic rings. The van der Waals surface area contributed by atoms with Gasteiger partial charge in [-0.1, -0.05) is 18.2 Å². The van der Waals surface area contributed by atoms with Crippen molar-refractivity contribution >= 4 is 5.91 Å². The van der Waals surface area contributed by atoms with Crippen LogP contribution in [0.1, 0.15) is 44.1 Å². The van der Waals surface area contributed by atoms with Crippen molar-refractivity contribution in [2.45, 2.75) is 44.9 Å². The van der Waals surface area contributed by atoms with E-state index in [1.807, 2.05) is 17.0 Å². The van der Waals surface area contributed by atoms with Crippen molar-refractivity contribution in [3.05, 3.63) is 35.6 Å². The molecule has 114 valence electrons.